The minimum Gasteiger partial charge on any atom is -0.462 e. The van der Waals surface area contributed by atoms with Gasteiger partial charge in [-0.15, -0.1) is 0 Å². The molecule has 0 amide bonds. The zero-order chi connectivity index (χ0) is 59.2. The van der Waals surface area contributed by atoms with Crippen LogP contribution in [0.2, 0.25) is 0 Å². The van der Waals surface area contributed by atoms with Crippen molar-refractivity contribution in [1.29, 1.82) is 0 Å². The van der Waals surface area contributed by atoms with E-state index in [1.54, 1.807) is 0 Å². The fourth-order valence-corrected chi connectivity index (χ4v) is 10.3. The molecule has 0 saturated heterocycles. The molecule has 1 atom stereocenters. The highest BCUT2D eigenvalue weighted by molar-refractivity contribution is 5.71. The van der Waals surface area contributed by atoms with Crippen LogP contribution in [-0.2, 0) is 28.6 Å². The highest BCUT2D eigenvalue weighted by Crippen LogP contribution is 2.18. The van der Waals surface area contributed by atoms with Gasteiger partial charge in [0.1, 0.15) is 13.2 Å². The number of carbonyl (C=O) groups excluding carboxylic acids is 3. The number of unbranched alkanes of at least 4 members (excludes halogenated alkanes) is 40. The Bertz CT molecular complexity index is 1550. The number of allylic oxidation sites excluding steroid dienone is 14. The van der Waals surface area contributed by atoms with Gasteiger partial charge in [0.15, 0.2) is 6.10 Å². The molecule has 0 aromatic rings. The van der Waals surface area contributed by atoms with E-state index in [1.807, 2.05) is 0 Å². The van der Waals surface area contributed by atoms with Gasteiger partial charge in [-0.3, -0.25) is 14.4 Å². The first-order valence-corrected chi connectivity index (χ1v) is 35.6. The van der Waals surface area contributed by atoms with Gasteiger partial charge in [-0.1, -0.05) is 331 Å². The Morgan fingerprint density at radius 2 is 0.476 bits per heavy atom. The molecule has 0 spiro atoms. The molecule has 0 aromatic heterocycles. The monoisotopic (exact) mass is 1140 g/mol. The van der Waals surface area contributed by atoms with Crippen LogP contribution in [0.1, 0.15) is 361 Å². The van der Waals surface area contributed by atoms with E-state index in [0.29, 0.717) is 19.3 Å². The van der Waals surface area contributed by atoms with Crippen LogP contribution in [0.4, 0.5) is 0 Å². The molecule has 0 aromatic carbocycles. The summed E-state index contributed by atoms with van der Waals surface area (Å²) in [5.74, 6) is -0.870. The third-order valence-electron chi connectivity index (χ3n) is 15.6. The number of carbonyl (C=O) groups is 3. The normalized spacial score (nSPS) is 12.6. The van der Waals surface area contributed by atoms with Gasteiger partial charge >= 0.3 is 17.9 Å². The van der Waals surface area contributed by atoms with Crippen LogP contribution >= 0.6 is 0 Å². The molecule has 0 N–H and O–H groups in total. The molecular weight excluding hydrogens is 1010 g/mol. The van der Waals surface area contributed by atoms with E-state index in [2.05, 4.69) is 106 Å². The van der Waals surface area contributed by atoms with Crippen LogP contribution in [-0.4, -0.2) is 37.2 Å². The van der Waals surface area contributed by atoms with Crippen molar-refractivity contribution in [3.8, 4) is 0 Å². The Labute approximate surface area is 509 Å². The van der Waals surface area contributed by atoms with E-state index in [1.165, 1.54) is 225 Å². The average molecular weight is 1140 g/mol. The van der Waals surface area contributed by atoms with Crippen LogP contribution in [0.5, 0.6) is 0 Å². The predicted molar refractivity (Wildman–Crippen MR) is 358 cm³/mol. The van der Waals surface area contributed by atoms with Gasteiger partial charge in [-0.25, -0.2) is 0 Å². The topological polar surface area (TPSA) is 78.9 Å². The van der Waals surface area contributed by atoms with Crippen LogP contribution < -0.4 is 0 Å². The number of hydrogen-bond acceptors (Lipinski definition) is 6. The van der Waals surface area contributed by atoms with Gasteiger partial charge in [0.25, 0.3) is 0 Å². The lowest BCUT2D eigenvalue weighted by molar-refractivity contribution is -0.167. The van der Waals surface area contributed by atoms with E-state index in [0.717, 1.165) is 96.3 Å². The molecule has 0 saturated carbocycles. The van der Waals surface area contributed by atoms with Crippen molar-refractivity contribution in [2.45, 2.75) is 367 Å². The zero-order valence-electron chi connectivity index (χ0n) is 54.5. The largest absolute Gasteiger partial charge is 0.462 e. The fraction of sp³-hybridized carbons (Fsp3) is 0.776. The Balaban J connectivity index is 4.00. The van der Waals surface area contributed by atoms with E-state index in [9.17, 15) is 14.4 Å². The minimum atomic E-state index is -0.774. The Morgan fingerprint density at radius 3 is 0.744 bits per heavy atom. The fourth-order valence-electron chi connectivity index (χ4n) is 10.3. The highest BCUT2D eigenvalue weighted by atomic mass is 16.6. The van der Waals surface area contributed by atoms with Crippen molar-refractivity contribution in [3.63, 3.8) is 0 Å². The predicted octanol–water partition coefficient (Wildman–Crippen LogP) is 24.6. The Kier molecular flexibility index (Phi) is 67.2. The summed E-state index contributed by atoms with van der Waals surface area (Å²) in [7, 11) is 0. The molecule has 1 unspecified atom stereocenters. The molecule has 0 rings (SSSR count). The van der Waals surface area contributed by atoms with Crippen molar-refractivity contribution < 1.29 is 28.6 Å². The molecular formula is C76H134O6. The van der Waals surface area contributed by atoms with Crippen LogP contribution in [0.15, 0.2) is 85.1 Å². The third-order valence-corrected chi connectivity index (χ3v) is 15.6. The lowest BCUT2D eigenvalue weighted by Gasteiger charge is -2.18. The molecule has 0 bridgehead atoms. The number of hydrogen-bond donors (Lipinski definition) is 0. The maximum absolute atomic E-state index is 12.9. The molecule has 0 aliphatic carbocycles. The smallest absolute Gasteiger partial charge is 0.306 e. The molecule has 474 valence electrons. The standard InChI is InChI=1S/C76H134O6/c1-4-7-10-13-16-18-20-22-24-26-28-30-32-34-36-37-38-39-41-42-44-46-48-50-52-54-56-58-60-63-66-69-75(78)81-72-73(71-80-74(77)68-65-62-15-12-9-6-3)82-76(79)70-67-64-61-59-57-55-53-51-49-47-45-43-40-35-33-31-29-27-25-23-21-19-17-14-11-8-5-2/h8,11,17,19-20,22-23,25-26,28-29,31,35,40,73H,4-7,9-10,12-16,18,21,24,27,30,32-34,36-39,41-72H2,1-3H3/b11-8-,19-17-,22-20-,25-23-,28-26-,31-29-,40-35-. The summed E-state index contributed by atoms with van der Waals surface area (Å²) in [4.78, 5) is 38.1. The maximum atomic E-state index is 12.9. The quantitative estimate of drug-likeness (QED) is 0.0261. The van der Waals surface area contributed by atoms with Crippen molar-refractivity contribution in [3.05, 3.63) is 85.1 Å². The molecule has 82 heavy (non-hydrogen) atoms. The van der Waals surface area contributed by atoms with E-state index in [4.69, 9.17) is 14.2 Å². The summed E-state index contributed by atoms with van der Waals surface area (Å²) < 4.78 is 16.9. The zero-order valence-corrected chi connectivity index (χ0v) is 54.5. The van der Waals surface area contributed by atoms with Gasteiger partial charge in [0, 0.05) is 19.3 Å². The summed E-state index contributed by atoms with van der Waals surface area (Å²) in [5, 5.41) is 0. The second-order valence-electron chi connectivity index (χ2n) is 23.8. The SMILES string of the molecule is CC/C=C\C/C=C\C/C=C\C/C=C\C/C=C\CCCCCCCCCCCCCC(=O)OC(COC(=O)CCCCCCCC)COC(=O)CCCCCCCCCCCCCCCCCCCCC/C=C\C/C=C\CCCCCCC. The number of ether oxygens (including phenoxy) is 3. The van der Waals surface area contributed by atoms with Gasteiger partial charge in [-0.2, -0.15) is 0 Å². The van der Waals surface area contributed by atoms with Gasteiger partial charge in [0.05, 0.1) is 0 Å². The Morgan fingerprint density at radius 1 is 0.256 bits per heavy atom. The average Bonchev–Trinajstić information content (AvgIpc) is 3.47. The molecule has 0 radical (unpaired) electrons. The summed E-state index contributed by atoms with van der Waals surface area (Å²) in [6, 6.07) is 0. The van der Waals surface area contributed by atoms with Gasteiger partial charge < -0.3 is 14.2 Å². The van der Waals surface area contributed by atoms with Crippen LogP contribution in [0, 0.1) is 0 Å². The lowest BCUT2D eigenvalue weighted by Crippen LogP contribution is -2.30. The van der Waals surface area contributed by atoms with Crippen molar-refractivity contribution >= 4 is 17.9 Å². The van der Waals surface area contributed by atoms with Gasteiger partial charge in [0.2, 0.25) is 0 Å². The first kappa shape index (κ1) is 78.6. The second-order valence-corrected chi connectivity index (χ2v) is 23.8. The lowest BCUT2D eigenvalue weighted by atomic mass is 10.0. The molecule has 0 heterocycles. The summed E-state index contributed by atoms with van der Waals surface area (Å²) >= 11 is 0. The second kappa shape index (κ2) is 70.1. The summed E-state index contributed by atoms with van der Waals surface area (Å²) in [5.41, 5.74) is 0. The van der Waals surface area contributed by atoms with Crippen molar-refractivity contribution in [1.82, 2.24) is 0 Å². The number of esters is 3. The maximum Gasteiger partial charge on any atom is 0.306 e. The van der Waals surface area contributed by atoms with Crippen LogP contribution in [0.25, 0.3) is 0 Å². The molecule has 0 aliphatic heterocycles. The highest BCUT2D eigenvalue weighted by Gasteiger charge is 2.19. The summed E-state index contributed by atoms with van der Waals surface area (Å²) in [6.07, 6.45) is 93.7. The first-order chi connectivity index (χ1) is 40.5. The third kappa shape index (κ3) is 67.4. The Hall–Kier alpha value is -3.41. The van der Waals surface area contributed by atoms with E-state index < -0.39 is 6.10 Å². The van der Waals surface area contributed by atoms with Gasteiger partial charge in [-0.05, 0) is 96.3 Å². The van der Waals surface area contributed by atoms with E-state index in [-0.39, 0.29) is 31.1 Å². The summed E-state index contributed by atoms with van der Waals surface area (Å²) in [6.45, 7) is 6.50. The molecule has 0 aliphatic rings. The molecule has 6 heteroatoms. The van der Waals surface area contributed by atoms with Crippen LogP contribution in [0.3, 0.4) is 0 Å². The van der Waals surface area contributed by atoms with Crippen molar-refractivity contribution in [2.24, 2.45) is 0 Å². The minimum absolute atomic E-state index is 0.0734. The molecule has 6 nitrogen and oxygen atoms in total. The molecule has 0 fully saturated rings. The number of rotatable bonds is 65. The van der Waals surface area contributed by atoms with Crippen molar-refractivity contribution in [2.75, 3.05) is 13.2 Å². The van der Waals surface area contributed by atoms with E-state index >= 15 is 0 Å². The first-order valence-electron chi connectivity index (χ1n) is 35.6.